The van der Waals surface area contributed by atoms with E-state index in [2.05, 4.69) is 0 Å². The largest absolute Gasteiger partial charge is 0.508 e. The summed E-state index contributed by atoms with van der Waals surface area (Å²) in [5.74, 6) is -1.55. The van der Waals surface area contributed by atoms with E-state index in [0.717, 1.165) is 11.6 Å². The maximum absolute atomic E-state index is 12.8. The fourth-order valence-electron chi connectivity index (χ4n) is 4.93. The Hall–Kier alpha value is -3.31. The molecular formula is C30H38O14. The summed E-state index contributed by atoms with van der Waals surface area (Å²) < 4.78 is 28.5. The van der Waals surface area contributed by atoms with Crippen molar-refractivity contribution in [2.45, 2.75) is 74.6 Å². The first kappa shape index (κ1) is 33.6. The number of ether oxygens (including phenoxy) is 5. The molecule has 14 heteroatoms. The summed E-state index contributed by atoms with van der Waals surface area (Å²) in [5.41, 5.74) is 1.20. The highest BCUT2D eigenvalue weighted by Crippen LogP contribution is 2.30. The second-order valence-corrected chi connectivity index (χ2v) is 10.6. The van der Waals surface area contributed by atoms with Crippen LogP contribution in [-0.2, 0) is 34.9 Å². The molecule has 0 aromatic heterocycles. The molecule has 44 heavy (non-hydrogen) atoms. The third-order valence-electron chi connectivity index (χ3n) is 7.47. The van der Waals surface area contributed by atoms with Gasteiger partial charge in [0.05, 0.1) is 25.9 Å². The zero-order valence-corrected chi connectivity index (χ0v) is 23.8. The number of benzene rings is 2. The lowest BCUT2D eigenvalue weighted by atomic mass is 9.95. The molecule has 2 unspecified atom stereocenters. The van der Waals surface area contributed by atoms with E-state index in [-0.39, 0.29) is 18.1 Å². The number of hydrogen-bond acceptors (Lipinski definition) is 14. The molecule has 0 saturated carbocycles. The second kappa shape index (κ2) is 15.1. The van der Waals surface area contributed by atoms with E-state index in [9.17, 15) is 45.6 Å². The molecule has 2 heterocycles. The predicted molar refractivity (Wildman–Crippen MR) is 150 cm³/mol. The standard InChI is InChI=1S/C30H38O14/c1-15-24(36)26(38)25(37)22(42-15)14-41-29-27(39)30(40-11-10-16-2-6-18(32)7-3-16)43-21(13-31)28(29)44-23(35)9-5-17-4-8-19(33)20(34)12-17/h2-9,12,15,21-22,24-34,36-39H,10-11,13-14H2,1H3/b9-5+/t15-,21+,22-,24-,25-,26?,27+,28?,29+,30+/m0/s1. The number of aliphatic hydroxyl groups is 5. The van der Waals surface area contributed by atoms with Crippen LogP contribution in [0.3, 0.4) is 0 Å². The summed E-state index contributed by atoms with van der Waals surface area (Å²) in [4.78, 5) is 12.8. The van der Waals surface area contributed by atoms with Crippen LogP contribution in [-0.4, -0.2) is 128 Å². The Morgan fingerprint density at radius 1 is 0.841 bits per heavy atom. The Morgan fingerprint density at radius 3 is 2.25 bits per heavy atom. The summed E-state index contributed by atoms with van der Waals surface area (Å²) in [5, 5.41) is 80.6. The molecule has 242 valence electrons. The minimum Gasteiger partial charge on any atom is -0.508 e. The van der Waals surface area contributed by atoms with Crippen LogP contribution in [0.2, 0.25) is 0 Å². The van der Waals surface area contributed by atoms with E-state index < -0.39 is 86.2 Å². The highest BCUT2D eigenvalue weighted by Gasteiger charge is 2.50. The predicted octanol–water partition coefficient (Wildman–Crippen LogP) is -0.679. The Balaban J connectivity index is 1.48. The molecular weight excluding hydrogens is 584 g/mol. The minimum absolute atomic E-state index is 0.0656. The quantitative estimate of drug-likeness (QED) is 0.0883. The molecule has 2 saturated heterocycles. The van der Waals surface area contributed by atoms with E-state index in [1.807, 2.05) is 0 Å². The Morgan fingerprint density at radius 2 is 1.57 bits per heavy atom. The lowest BCUT2D eigenvalue weighted by Crippen LogP contribution is -2.63. The topological polar surface area (TPSA) is 225 Å². The smallest absolute Gasteiger partial charge is 0.331 e. The van der Waals surface area contributed by atoms with Crippen LogP contribution in [0.15, 0.2) is 48.5 Å². The number of aromatic hydroxyl groups is 3. The molecule has 0 amide bonds. The highest BCUT2D eigenvalue weighted by molar-refractivity contribution is 5.87. The Labute approximate surface area is 252 Å². The number of esters is 1. The number of aliphatic hydroxyl groups excluding tert-OH is 5. The number of phenolic OH excluding ortho intramolecular Hbond substituents is 3. The van der Waals surface area contributed by atoms with Crippen LogP contribution in [0.1, 0.15) is 18.1 Å². The van der Waals surface area contributed by atoms with Crippen molar-refractivity contribution in [1.29, 1.82) is 0 Å². The minimum atomic E-state index is -1.57. The maximum Gasteiger partial charge on any atom is 0.331 e. The average molecular weight is 623 g/mol. The summed E-state index contributed by atoms with van der Waals surface area (Å²) >= 11 is 0. The van der Waals surface area contributed by atoms with Crippen molar-refractivity contribution >= 4 is 12.0 Å². The van der Waals surface area contributed by atoms with E-state index in [1.54, 1.807) is 12.1 Å². The molecule has 0 radical (unpaired) electrons. The molecule has 2 aliphatic rings. The fraction of sp³-hybridized carbons (Fsp3) is 0.500. The number of carbonyl (C=O) groups is 1. The second-order valence-electron chi connectivity index (χ2n) is 10.6. The molecule has 10 atom stereocenters. The zero-order valence-electron chi connectivity index (χ0n) is 23.8. The van der Waals surface area contributed by atoms with E-state index in [0.29, 0.717) is 12.0 Å². The fourth-order valence-corrected chi connectivity index (χ4v) is 4.93. The van der Waals surface area contributed by atoms with Crippen molar-refractivity contribution in [2.24, 2.45) is 0 Å². The first-order chi connectivity index (χ1) is 21.0. The van der Waals surface area contributed by atoms with Gasteiger partial charge in [0, 0.05) is 6.08 Å². The van der Waals surface area contributed by atoms with Gasteiger partial charge in [0.2, 0.25) is 0 Å². The number of phenols is 3. The normalized spacial score (nSPS) is 32.5. The van der Waals surface area contributed by atoms with Crippen LogP contribution in [0, 0.1) is 0 Å². The van der Waals surface area contributed by atoms with Gasteiger partial charge >= 0.3 is 5.97 Å². The van der Waals surface area contributed by atoms with Gasteiger partial charge in [-0.3, -0.25) is 0 Å². The third kappa shape index (κ3) is 8.24. The van der Waals surface area contributed by atoms with Gasteiger partial charge in [-0.15, -0.1) is 0 Å². The van der Waals surface area contributed by atoms with E-state index in [4.69, 9.17) is 23.7 Å². The van der Waals surface area contributed by atoms with Crippen molar-refractivity contribution in [2.75, 3.05) is 19.8 Å². The summed E-state index contributed by atoms with van der Waals surface area (Å²) in [7, 11) is 0. The average Bonchev–Trinajstić information content (AvgIpc) is 3.00. The lowest BCUT2D eigenvalue weighted by Gasteiger charge is -2.44. The lowest BCUT2D eigenvalue weighted by molar-refractivity contribution is -0.315. The maximum atomic E-state index is 12.8. The van der Waals surface area contributed by atoms with Crippen molar-refractivity contribution < 1.29 is 69.3 Å². The van der Waals surface area contributed by atoms with Gasteiger partial charge in [-0.25, -0.2) is 4.79 Å². The zero-order chi connectivity index (χ0) is 32.0. The molecule has 2 aliphatic heterocycles. The van der Waals surface area contributed by atoms with E-state index in [1.165, 1.54) is 43.3 Å². The molecule has 2 aromatic carbocycles. The van der Waals surface area contributed by atoms with Crippen LogP contribution in [0.25, 0.3) is 6.08 Å². The molecule has 4 rings (SSSR count). The van der Waals surface area contributed by atoms with Crippen LogP contribution >= 0.6 is 0 Å². The number of rotatable bonds is 11. The highest BCUT2D eigenvalue weighted by atomic mass is 16.7. The van der Waals surface area contributed by atoms with Crippen LogP contribution in [0.5, 0.6) is 17.2 Å². The van der Waals surface area contributed by atoms with Crippen LogP contribution < -0.4 is 0 Å². The summed E-state index contributed by atoms with van der Waals surface area (Å²) in [6.45, 7) is 0.491. The SMILES string of the molecule is C[C@@H]1O[C@@H](CO[C@H]2C(OC(=O)/C=C/c3ccc(O)c(O)c3)[C@@H](CO)O[C@@H](OCCc3ccc(O)cc3)[C@@H]2O)[C@H](O)C(O)[C@H]1O. The number of carbonyl (C=O) groups excluding carboxylic acids is 1. The van der Waals surface area contributed by atoms with Gasteiger partial charge in [0.15, 0.2) is 23.9 Å². The Kier molecular flexibility index (Phi) is 11.5. The van der Waals surface area contributed by atoms with E-state index >= 15 is 0 Å². The molecule has 0 aliphatic carbocycles. The van der Waals surface area contributed by atoms with Gasteiger partial charge < -0.3 is 64.5 Å². The van der Waals surface area contributed by atoms with Crippen molar-refractivity contribution in [3.05, 3.63) is 59.7 Å². The number of hydrogen-bond donors (Lipinski definition) is 8. The molecule has 8 N–H and O–H groups in total. The summed E-state index contributed by atoms with van der Waals surface area (Å²) in [6.07, 6.45) is -10.5. The van der Waals surface area contributed by atoms with Crippen molar-refractivity contribution in [3.8, 4) is 17.2 Å². The first-order valence-corrected chi connectivity index (χ1v) is 14.0. The summed E-state index contributed by atoms with van der Waals surface area (Å²) in [6, 6.07) is 10.3. The third-order valence-corrected chi connectivity index (χ3v) is 7.47. The molecule has 2 aromatic rings. The van der Waals surface area contributed by atoms with Gasteiger partial charge in [-0.1, -0.05) is 18.2 Å². The van der Waals surface area contributed by atoms with Crippen molar-refractivity contribution in [1.82, 2.24) is 0 Å². The van der Waals surface area contributed by atoms with Gasteiger partial charge in [0.25, 0.3) is 0 Å². The molecule has 0 bridgehead atoms. The first-order valence-electron chi connectivity index (χ1n) is 14.0. The molecule has 14 nitrogen and oxygen atoms in total. The van der Waals surface area contributed by atoms with Crippen LogP contribution in [0.4, 0.5) is 0 Å². The van der Waals surface area contributed by atoms with Gasteiger partial charge in [-0.2, -0.15) is 0 Å². The monoisotopic (exact) mass is 622 g/mol. The molecule has 2 fully saturated rings. The molecule has 0 spiro atoms. The van der Waals surface area contributed by atoms with Gasteiger partial charge in [-0.05, 0) is 54.8 Å². The van der Waals surface area contributed by atoms with Crippen molar-refractivity contribution in [3.63, 3.8) is 0 Å². The van der Waals surface area contributed by atoms with Gasteiger partial charge in [0.1, 0.15) is 48.5 Å². The Bertz CT molecular complexity index is 1250.